The maximum absolute atomic E-state index is 11.4. The molecule has 2 amide bonds. The second-order valence-corrected chi connectivity index (χ2v) is 3.26. The van der Waals surface area contributed by atoms with Crippen LogP contribution >= 0.6 is 0 Å². The van der Waals surface area contributed by atoms with Crippen LogP contribution in [0, 0.1) is 5.41 Å². The number of nitrogens with two attached hydrogens (primary N) is 1. The highest BCUT2D eigenvalue weighted by Gasteiger charge is 2.15. The predicted octanol–water partition coefficient (Wildman–Crippen LogP) is 0.752. The third-order valence-electron chi connectivity index (χ3n) is 2.07. The number of hydrogen-bond donors (Lipinski definition) is 3. The van der Waals surface area contributed by atoms with Gasteiger partial charge < -0.3 is 16.0 Å². The molecular formula is C9H20N4O. The van der Waals surface area contributed by atoms with Crippen LogP contribution in [0.5, 0.6) is 0 Å². The van der Waals surface area contributed by atoms with E-state index in [1.54, 1.807) is 11.9 Å². The van der Waals surface area contributed by atoms with Gasteiger partial charge in [-0.1, -0.05) is 13.3 Å². The van der Waals surface area contributed by atoms with Crippen LogP contribution in [0.15, 0.2) is 0 Å². The Morgan fingerprint density at radius 1 is 1.57 bits per heavy atom. The van der Waals surface area contributed by atoms with Crippen LogP contribution in [0.2, 0.25) is 0 Å². The lowest BCUT2D eigenvalue weighted by atomic mass is 10.1. The van der Waals surface area contributed by atoms with Crippen molar-refractivity contribution in [2.45, 2.75) is 32.7 Å². The van der Waals surface area contributed by atoms with E-state index in [0.29, 0.717) is 13.0 Å². The lowest BCUT2D eigenvalue weighted by Gasteiger charge is -2.21. The van der Waals surface area contributed by atoms with Crippen LogP contribution in [0.25, 0.3) is 0 Å². The molecule has 0 bridgehead atoms. The molecule has 5 heteroatoms. The Labute approximate surface area is 85.2 Å². The summed E-state index contributed by atoms with van der Waals surface area (Å²) in [6.45, 7) is 4.52. The molecule has 4 N–H and O–H groups in total. The molecule has 0 aliphatic carbocycles. The highest BCUT2D eigenvalue weighted by atomic mass is 16.2. The van der Waals surface area contributed by atoms with Gasteiger partial charge in [0.1, 0.15) is 5.84 Å². The summed E-state index contributed by atoms with van der Waals surface area (Å²) in [6, 6.07) is -0.511. The maximum Gasteiger partial charge on any atom is 0.317 e. The molecule has 0 heterocycles. The molecule has 0 aromatic heterocycles. The first-order chi connectivity index (χ1) is 6.52. The minimum absolute atomic E-state index is 0.0182. The lowest BCUT2D eigenvalue weighted by Crippen LogP contribution is -2.48. The van der Waals surface area contributed by atoms with E-state index in [1.165, 1.54) is 0 Å². The topological polar surface area (TPSA) is 82.2 Å². The quantitative estimate of drug-likeness (QED) is 0.452. The van der Waals surface area contributed by atoms with Gasteiger partial charge in [0.25, 0.3) is 0 Å². The number of urea groups is 1. The first-order valence-corrected chi connectivity index (χ1v) is 4.88. The molecule has 0 aliphatic rings. The maximum atomic E-state index is 11.4. The molecule has 0 aromatic rings. The number of nitrogens with zero attached hydrogens (tertiary/aromatic N) is 1. The average molecular weight is 200 g/mol. The van der Waals surface area contributed by atoms with Gasteiger partial charge in [-0.15, -0.1) is 0 Å². The monoisotopic (exact) mass is 200 g/mol. The van der Waals surface area contributed by atoms with E-state index in [4.69, 9.17) is 11.1 Å². The molecule has 1 unspecified atom stereocenters. The summed E-state index contributed by atoms with van der Waals surface area (Å²) < 4.78 is 0. The largest absolute Gasteiger partial charge is 0.386 e. The summed E-state index contributed by atoms with van der Waals surface area (Å²) in [7, 11) is 1.71. The molecule has 0 rings (SSSR count). The van der Waals surface area contributed by atoms with Gasteiger partial charge in [-0.05, 0) is 13.3 Å². The molecule has 0 radical (unpaired) electrons. The second-order valence-electron chi connectivity index (χ2n) is 3.26. The van der Waals surface area contributed by atoms with Crippen molar-refractivity contribution in [3.63, 3.8) is 0 Å². The van der Waals surface area contributed by atoms with Gasteiger partial charge in [0.15, 0.2) is 0 Å². The molecule has 0 saturated heterocycles. The van der Waals surface area contributed by atoms with E-state index >= 15 is 0 Å². The second kappa shape index (κ2) is 6.23. The predicted molar refractivity (Wildman–Crippen MR) is 57.4 cm³/mol. The Kier molecular flexibility index (Phi) is 5.67. The molecule has 0 aliphatic heterocycles. The normalized spacial score (nSPS) is 11.9. The third kappa shape index (κ3) is 4.11. The van der Waals surface area contributed by atoms with Crippen molar-refractivity contribution in [1.29, 1.82) is 5.41 Å². The number of carbonyl (C=O) groups excluding carboxylic acids is 1. The zero-order valence-electron chi connectivity index (χ0n) is 9.13. The standard InChI is InChI=1S/C9H20N4O/c1-4-6-7(8(10)11)12-9(14)13(3)5-2/h7H,4-6H2,1-3H3,(H3,10,11)(H,12,14). The Morgan fingerprint density at radius 3 is 2.50 bits per heavy atom. The van der Waals surface area contributed by atoms with Gasteiger partial charge in [0, 0.05) is 13.6 Å². The number of amides is 2. The van der Waals surface area contributed by atoms with E-state index in [9.17, 15) is 4.79 Å². The van der Waals surface area contributed by atoms with E-state index in [2.05, 4.69) is 5.32 Å². The van der Waals surface area contributed by atoms with Gasteiger partial charge in [-0.3, -0.25) is 5.41 Å². The van der Waals surface area contributed by atoms with Crippen LogP contribution in [-0.2, 0) is 0 Å². The minimum atomic E-state index is -0.332. The minimum Gasteiger partial charge on any atom is -0.386 e. The fraction of sp³-hybridized carbons (Fsp3) is 0.778. The Bertz CT molecular complexity index is 205. The van der Waals surface area contributed by atoms with Gasteiger partial charge in [0.2, 0.25) is 0 Å². The molecular weight excluding hydrogens is 180 g/mol. The number of hydrogen-bond acceptors (Lipinski definition) is 2. The molecule has 0 aromatic carbocycles. The van der Waals surface area contributed by atoms with Gasteiger partial charge in [-0.25, -0.2) is 4.79 Å². The zero-order chi connectivity index (χ0) is 11.1. The molecule has 0 saturated carbocycles. The van der Waals surface area contributed by atoms with Crippen molar-refractivity contribution in [3.8, 4) is 0 Å². The zero-order valence-corrected chi connectivity index (χ0v) is 9.13. The van der Waals surface area contributed by atoms with E-state index in [1.807, 2.05) is 13.8 Å². The van der Waals surface area contributed by atoms with Crippen molar-refractivity contribution in [2.24, 2.45) is 5.73 Å². The van der Waals surface area contributed by atoms with Crippen LogP contribution < -0.4 is 11.1 Å². The summed E-state index contributed by atoms with van der Waals surface area (Å²) in [5.74, 6) is 0.0182. The van der Waals surface area contributed by atoms with Crippen LogP contribution in [0.1, 0.15) is 26.7 Å². The fourth-order valence-electron chi connectivity index (χ4n) is 0.997. The first-order valence-electron chi connectivity index (χ1n) is 4.88. The highest BCUT2D eigenvalue weighted by molar-refractivity contribution is 5.87. The lowest BCUT2D eigenvalue weighted by molar-refractivity contribution is 0.209. The van der Waals surface area contributed by atoms with E-state index < -0.39 is 0 Å². The number of amidine groups is 1. The molecule has 0 fully saturated rings. The smallest absolute Gasteiger partial charge is 0.317 e. The SMILES string of the molecule is CCCC(NC(=O)N(C)CC)C(=N)N. The highest BCUT2D eigenvalue weighted by Crippen LogP contribution is 1.97. The van der Waals surface area contributed by atoms with Crippen LogP contribution in [-0.4, -0.2) is 36.4 Å². The van der Waals surface area contributed by atoms with Crippen LogP contribution in [0.3, 0.4) is 0 Å². The molecule has 1 atom stereocenters. The van der Waals surface area contributed by atoms with Gasteiger partial charge >= 0.3 is 6.03 Å². The summed E-state index contributed by atoms with van der Waals surface area (Å²) in [5.41, 5.74) is 5.36. The van der Waals surface area contributed by atoms with Gasteiger partial charge in [0.05, 0.1) is 6.04 Å². The summed E-state index contributed by atoms with van der Waals surface area (Å²) >= 11 is 0. The average Bonchev–Trinajstić information content (AvgIpc) is 2.15. The fourth-order valence-corrected chi connectivity index (χ4v) is 0.997. The summed E-state index contributed by atoms with van der Waals surface area (Å²) in [5, 5.41) is 10.00. The summed E-state index contributed by atoms with van der Waals surface area (Å²) in [6.07, 6.45) is 1.60. The Morgan fingerprint density at radius 2 is 2.14 bits per heavy atom. The molecule has 82 valence electrons. The van der Waals surface area contributed by atoms with Crippen LogP contribution in [0.4, 0.5) is 4.79 Å². The Balaban J connectivity index is 4.15. The first kappa shape index (κ1) is 12.7. The van der Waals surface area contributed by atoms with Crippen molar-refractivity contribution in [2.75, 3.05) is 13.6 Å². The molecule has 5 nitrogen and oxygen atoms in total. The van der Waals surface area contributed by atoms with E-state index in [0.717, 1.165) is 6.42 Å². The number of rotatable bonds is 5. The van der Waals surface area contributed by atoms with Crippen molar-refractivity contribution >= 4 is 11.9 Å². The third-order valence-corrected chi connectivity index (χ3v) is 2.07. The molecule has 14 heavy (non-hydrogen) atoms. The van der Waals surface area contributed by atoms with Crippen molar-refractivity contribution in [1.82, 2.24) is 10.2 Å². The van der Waals surface area contributed by atoms with Crippen molar-refractivity contribution < 1.29 is 4.79 Å². The number of carbonyl (C=O) groups is 1. The number of nitrogens with one attached hydrogen (secondary N) is 2. The summed E-state index contributed by atoms with van der Waals surface area (Å²) in [4.78, 5) is 13.0. The molecule has 0 spiro atoms. The Hall–Kier alpha value is -1.26. The van der Waals surface area contributed by atoms with Crippen molar-refractivity contribution in [3.05, 3.63) is 0 Å². The van der Waals surface area contributed by atoms with Gasteiger partial charge in [-0.2, -0.15) is 0 Å². The van der Waals surface area contributed by atoms with E-state index in [-0.39, 0.29) is 17.9 Å².